The van der Waals surface area contributed by atoms with Crippen LogP contribution in [0, 0.1) is 0 Å². The van der Waals surface area contributed by atoms with Gasteiger partial charge in [-0.2, -0.15) is 0 Å². The predicted molar refractivity (Wildman–Crippen MR) is 126 cm³/mol. The summed E-state index contributed by atoms with van der Waals surface area (Å²) in [5.41, 5.74) is 0. The van der Waals surface area contributed by atoms with Crippen molar-refractivity contribution in [2.45, 2.75) is 71.2 Å². The molecule has 3 saturated heterocycles. The van der Waals surface area contributed by atoms with Crippen LogP contribution >= 0.6 is 0 Å². The SMILES string of the molecule is CCOC(=O)CC(C(=O)OCC)N1CCN(CC2CN(C3CCN(C(C)C)CC3)C(=O)O2)CC1. The van der Waals surface area contributed by atoms with Crippen molar-refractivity contribution in [3.05, 3.63) is 0 Å². The highest BCUT2D eigenvalue weighted by Gasteiger charge is 2.39. The van der Waals surface area contributed by atoms with E-state index in [9.17, 15) is 14.4 Å². The third-order valence-electron chi connectivity index (χ3n) is 7.11. The van der Waals surface area contributed by atoms with Crippen LogP contribution in [0.1, 0.15) is 47.0 Å². The number of esters is 2. The minimum Gasteiger partial charge on any atom is -0.466 e. The molecule has 3 aliphatic heterocycles. The minimum atomic E-state index is -0.627. The van der Waals surface area contributed by atoms with E-state index in [1.54, 1.807) is 13.8 Å². The van der Waals surface area contributed by atoms with Crippen molar-refractivity contribution < 1.29 is 28.6 Å². The van der Waals surface area contributed by atoms with E-state index in [-0.39, 0.29) is 49.8 Å². The topological polar surface area (TPSA) is 91.9 Å². The monoisotopic (exact) mass is 482 g/mol. The predicted octanol–water partition coefficient (Wildman–Crippen LogP) is 1.18. The molecule has 3 aliphatic rings. The molecule has 0 bridgehead atoms. The van der Waals surface area contributed by atoms with Crippen molar-refractivity contribution in [3.8, 4) is 0 Å². The van der Waals surface area contributed by atoms with Crippen LogP contribution in [0.2, 0.25) is 0 Å². The third-order valence-corrected chi connectivity index (χ3v) is 7.11. The highest BCUT2D eigenvalue weighted by molar-refractivity contribution is 5.82. The molecule has 10 heteroatoms. The first kappa shape index (κ1) is 26.7. The standard InChI is InChI=1S/C24H42N4O6/c1-5-32-22(29)15-21(23(30)33-6-2)27-13-11-25(12-14-27)16-20-17-28(24(31)34-20)19-7-9-26(10-8-19)18(3)4/h18-21H,5-17H2,1-4H3. The second-order valence-corrected chi connectivity index (χ2v) is 9.63. The highest BCUT2D eigenvalue weighted by atomic mass is 16.6. The fourth-order valence-electron chi connectivity index (χ4n) is 5.17. The van der Waals surface area contributed by atoms with Crippen molar-refractivity contribution >= 4 is 18.0 Å². The number of hydrogen-bond acceptors (Lipinski definition) is 9. The van der Waals surface area contributed by atoms with Gasteiger partial charge in [0, 0.05) is 57.9 Å². The summed E-state index contributed by atoms with van der Waals surface area (Å²) in [6.07, 6.45) is 1.66. The average Bonchev–Trinajstić information content (AvgIpc) is 3.18. The Labute approximate surface area is 203 Å². The molecule has 0 aromatic heterocycles. The van der Waals surface area contributed by atoms with E-state index in [1.807, 2.05) is 9.80 Å². The Morgan fingerprint density at radius 2 is 1.62 bits per heavy atom. The lowest BCUT2D eigenvalue weighted by atomic mass is 10.0. The molecule has 0 aromatic carbocycles. The number of piperidine rings is 1. The van der Waals surface area contributed by atoms with Crippen molar-refractivity contribution in [2.24, 2.45) is 0 Å². The van der Waals surface area contributed by atoms with Crippen LogP contribution in [0.25, 0.3) is 0 Å². The lowest BCUT2D eigenvalue weighted by Crippen LogP contribution is -2.55. The lowest BCUT2D eigenvalue weighted by molar-refractivity contribution is -0.157. The van der Waals surface area contributed by atoms with E-state index in [0.717, 1.165) is 39.0 Å². The summed E-state index contributed by atoms with van der Waals surface area (Å²) < 4.78 is 16.0. The molecule has 3 heterocycles. The molecule has 0 radical (unpaired) electrons. The van der Waals surface area contributed by atoms with Crippen molar-refractivity contribution in [3.63, 3.8) is 0 Å². The minimum absolute atomic E-state index is 0.00248. The molecule has 3 rings (SSSR count). The summed E-state index contributed by atoms with van der Waals surface area (Å²) in [4.78, 5) is 45.7. The molecule has 0 N–H and O–H groups in total. The Morgan fingerprint density at radius 3 is 2.21 bits per heavy atom. The Morgan fingerprint density at radius 1 is 0.971 bits per heavy atom. The number of carbonyl (C=O) groups is 3. The zero-order valence-corrected chi connectivity index (χ0v) is 21.2. The summed E-state index contributed by atoms with van der Waals surface area (Å²) in [5, 5.41) is 0. The second-order valence-electron chi connectivity index (χ2n) is 9.63. The van der Waals surface area contributed by atoms with Crippen molar-refractivity contribution in [1.82, 2.24) is 19.6 Å². The molecule has 2 atom stereocenters. The number of amides is 1. The molecule has 0 saturated carbocycles. The van der Waals surface area contributed by atoms with E-state index in [0.29, 0.717) is 32.2 Å². The Kier molecular flexibility index (Phi) is 9.97. The van der Waals surface area contributed by atoms with E-state index in [4.69, 9.17) is 14.2 Å². The molecular weight excluding hydrogens is 440 g/mol. The first-order valence-corrected chi connectivity index (χ1v) is 12.8. The summed E-state index contributed by atoms with van der Waals surface area (Å²) in [6, 6.07) is 0.175. The van der Waals surface area contributed by atoms with Gasteiger partial charge in [0.05, 0.1) is 26.2 Å². The molecular formula is C24H42N4O6. The summed E-state index contributed by atoms with van der Waals surface area (Å²) >= 11 is 0. The quantitative estimate of drug-likeness (QED) is 0.336. The largest absolute Gasteiger partial charge is 0.466 e. The molecule has 1 amide bonds. The zero-order chi connectivity index (χ0) is 24.7. The number of piperazine rings is 1. The number of hydrogen-bond donors (Lipinski definition) is 0. The fourth-order valence-corrected chi connectivity index (χ4v) is 5.17. The van der Waals surface area contributed by atoms with Crippen LogP contribution in [0.4, 0.5) is 4.79 Å². The Bertz CT molecular complexity index is 689. The van der Waals surface area contributed by atoms with Crippen LogP contribution in [0.3, 0.4) is 0 Å². The lowest BCUT2D eigenvalue weighted by Gasteiger charge is -2.38. The van der Waals surface area contributed by atoms with Crippen molar-refractivity contribution in [2.75, 3.05) is 65.6 Å². The van der Waals surface area contributed by atoms with Gasteiger partial charge in [0.2, 0.25) is 0 Å². The maximum atomic E-state index is 12.5. The second kappa shape index (κ2) is 12.7. The van der Waals surface area contributed by atoms with Gasteiger partial charge >= 0.3 is 18.0 Å². The number of rotatable bonds is 10. The Balaban J connectivity index is 1.46. The van der Waals surface area contributed by atoms with Gasteiger partial charge in [0.25, 0.3) is 0 Å². The van der Waals surface area contributed by atoms with Crippen LogP contribution in [-0.4, -0.2) is 127 Å². The molecule has 10 nitrogen and oxygen atoms in total. The summed E-state index contributed by atoms with van der Waals surface area (Å²) in [7, 11) is 0. The smallest absolute Gasteiger partial charge is 0.410 e. The summed E-state index contributed by atoms with van der Waals surface area (Å²) in [6.45, 7) is 14.6. The van der Waals surface area contributed by atoms with Crippen LogP contribution in [-0.2, 0) is 23.8 Å². The van der Waals surface area contributed by atoms with Gasteiger partial charge in [0.15, 0.2) is 0 Å². The fraction of sp³-hybridized carbons (Fsp3) is 0.875. The Hall–Kier alpha value is -1.91. The maximum absolute atomic E-state index is 12.5. The van der Waals surface area contributed by atoms with Gasteiger partial charge in [-0.25, -0.2) is 4.79 Å². The van der Waals surface area contributed by atoms with Gasteiger partial charge in [0.1, 0.15) is 12.1 Å². The number of cyclic esters (lactones) is 1. The van der Waals surface area contributed by atoms with E-state index in [1.165, 1.54) is 0 Å². The molecule has 3 fully saturated rings. The van der Waals surface area contributed by atoms with Crippen LogP contribution in [0.15, 0.2) is 0 Å². The number of likely N-dealkylation sites (tertiary alicyclic amines) is 1. The van der Waals surface area contributed by atoms with Gasteiger partial charge in [-0.15, -0.1) is 0 Å². The van der Waals surface area contributed by atoms with Gasteiger partial charge in [-0.1, -0.05) is 0 Å². The number of nitrogens with zero attached hydrogens (tertiary/aromatic N) is 4. The molecule has 2 unspecified atom stereocenters. The molecule has 34 heavy (non-hydrogen) atoms. The van der Waals surface area contributed by atoms with E-state index >= 15 is 0 Å². The maximum Gasteiger partial charge on any atom is 0.410 e. The van der Waals surface area contributed by atoms with Gasteiger partial charge in [-0.05, 0) is 40.5 Å². The van der Waals surface area contributed by atoms with Crippen LogP contribution < -0.4 is 0 Å². The van der Waals surface area contributed by atoms with Gasteiger partial charge in [-0.3, -0.25) is 19.4 Å². The molecule has 0 aliphatic carbocycles. The molecule has 0 spiro atoms. The third kappa shape index (κ3) is 7.05. The molecule has 0 aromatic rings. The summed E-state index contributed by atoms with van der Waals surface area (Å²) in [5.74, 6) is -0.770. The normalized spacial score (nSPS) is 24.3. The van der Waals surface area contributed by atoms with Crippen LogP contribution in [0.5, 0.6) is 0 Å². The number of ether oxygens (including phenoxy) is 3. The van der Waals surface area contributed by atoms with Gasteiger partial charge < -0.3 is 24.0 Å². The first-order chi connectivity index (χ1) is 16.3. The van der Waals surface area contributed by atoms with E-state index < -0.39 is 6.04 Å². The molecule has 194 valence electrons. The first-order valence-electron chi connectivity index (χ1n) is 12.8. The average molecular weight is 483 g/mol. The highest BCUT2D eigenvalue weighted by Crippen LogP contribution is 2.24. The van der Waals surface area contributed by atoms with Crippen molar-refractivity contribution in [1.29, 1.82) is 0 Å². The number of carbonyl (C=O) groups excluding carboxylic acids is 3. The zero-order valence-electron chi connectivity index (χ0n) is 21.2. The van der Waals surface area contributed by atoms with E-state index in [2.05, 4.69) is 23.6 Å².